The summed E-state index contributed by atoms with van der Waals surface area (Å²) in [5.41, 5.74) is 0.444. The zero-order valence-electron chi connectivity index (χ0n) is 13.2. The first-order chi connectivity index (χ1) is 11.4. The van der Waals surface area contributed by atoms with Crippen LogP contribution in [0, 0.1) is 5.92 Å². The van der Waals surface area contributed by atoms with Crippen LogP contribution in [0.1, 0.15) is 34.6 Å². The predicted molar refractivity (Wildman–Crippen MR) is 85.4 cm³/mol. The molecule has 2 aromatic carbocycles. The van der Waals surface area contributed by atoms with E-state index in [0.717, 1.165) is 0 Å². The average molecular weight is 329 g/mol. The molecular weight excluding hydrogens is 312 g/mol. The van der Waals surface area contributed by atoms with Crippen LogP contribution in [0.25, 0.3) is 0 Å². The fourth-order valence-electron chi connectivity index (χ4n) is 1.79. The molecule has 0 aromatic heterocycles. The number of carbonyl (C=O) groups is 2. The van der Waals surface area contributed by atoms with Crippen LogP contribution in [-0.4, -0.2) is 28.4 Å². The van der Waals surface area contributed by atoms with Gasteiger partial charge in [-0.2, -0.15) is 0 Å². The molecule has 1 radical (unpaired) electrons. The van der Waals surface area contributed by atoms with Crippen molar-refractivity contribution in [3.05, 3.63) is 65.6 Å². The minimum atomic E-state index is -1.15. The van der Waals surface area contributed by atoms with Gasteiger partial charge in [-0.25, -0.2) is 9.59 Å². The second-order valence-corrected chi connectivity index (χ2v) is 5.31. The van der Waals surface area contributed by atoms with E-state index in [2.05, 4.69) is 0 Å². The Bertz CT molecular complexity index is 644. The van der Waals surface area contributed by atoms with E-state index < -0.39 is 18.2 Å². The van der Waals surface area contributed by atoms with Gasteiger partial charge in [-0.3, -0.25) is 0 Å². The fourth-order valence-corrected chi connectivity index (χ4v) is 1.79. The van der Waals surface area contributed by atoms with Gasteiger partial charge in [0.1, 0.15) is 11.5 Å². The topological polar surface area (TPSA) is 93.1 Å². The number of ether oxygens (including phenoxy) is 2. The molecule has 24 heavy (non-hydrogen) atoms. The highest BCUT2D eigenvalue weighted by Crippen LogP contribution is 2.18. The van der Waals surface area contributed by atoms with Crippen molar-refractivity contribution in [1.29, 1.82) is 0 Å². The Labute approximate surface area is 139 Å². The van der Waals surface area contributed by atoms with Gasteiger partial charge in [-0.1, -0.05) is 13.8 Å². The lowest BCUT2D eigenvalue weighted by Crippen LogP contribution is -2.28. The quantitative estimate of drug-likeness (QED) is 0.647. The summed E-state index contributed by atoms with van der Waals surface area (Å²) < 4.78 is 10.4. The van der Waals surface area contributed by atoms with E-state index >= 15 is 0 Å². The van der Waals surface area contributed by atoms with Crippen molar-refractivity contribution in [3.63, 3.8) is 0 Å². The molecule has 2 N–H and O–H groups in total. The molecule has 0 saturated carbocycles. The number of benzene rings is 2. The van der Waals surface area contributed by atoms with Crippen molar-refractivity contribution >= 4 is 11.9 Å². The molecule has 2 aromatic rings. The van der Waals surface area contributed by atoms with Crippen LogP contribution < -0.4 is 0 Å². The summed E-state index contributed by atoms with van der Waals surface area (Å²) in [5.74, 6) is -0.728. The molecule has 6 heteroatoms. The van der Waals surface area contributed by atoms with Gasteiger partial charge in [0.15, 0.2) is 0 Å². The van der Waals surface area contributed by atoms with Gasteiger partial charge >= 0.3 is 11.9 Å². The van der Waals surface area contributed by atoms with Crippen LogP contribution in [0.3, 0.4) is 0 Å². The number of hydrogen-bond acceptors (Lipinski definition) is 6. The van der Waals surface area contributed by atoms with E-state index in [-0.39, 0.29) is 22.6 Å². The standard InChI is InChI=1S/C18H17O6/c1-11(2)18(23-16(21)12-3-7-14(19)8-4-12)24-17(22)13-5-9-15(20)10-6-13/h3-10,18-20H,1-2H3. The van der Waals surface area contributed by atoms with Crippen molar-refractivity contribution in [2.75, 3.05) is 0 Å². The van der Waals surface area contributed by atoms with Gasteiger partial charge in [0.2, 0.25) is 0 Å². The lowest BCUT2D eigenvalue weighted by atomic mass is 10.2. The second-order valence-electron chi connectivity index (χ2n) is 5.31. The van der Waals surface area contributed by atoms with Crippen molar-refractivity contribution < 1.29 is 29.3 Å². The third-order valence-electron chi connectivity index (χ3n) is 3.11. The molecule has 0 aliphatic rings. The van der Waals surface area contributed by atoms with E-state index in [0.29, 0.717) is 5.92 Å². The van der Waals surface area contributed by atoms with Gasteiger partial charge in [-0.05, 0) is 48.5 Å². The van der Waals surface area contributed by atoms with Crippen LogP contribution in [-0.2, 0) is 9.47 Å². The second kappa shape index (κ2) is 7.50. The Balaban J connectivity index is 2.06. The Hall–Kier alpha value is -3.02. The summed E-state index contributed by atoms with van der Waals surface area (Å²) in [6.07, 6.45) is -1.15. The van der Waals surface area contributed by atoms with Crippen LogP contribution in [0.15, 0.2) is 48.5 Å². The number of esters is 2. The smallest absolute Gasteiger partial charge is 0.341 e. The summed E-state index contributed by atoms with van der Waals surface area (Å²) in [7, 11) is 0. The molecule has 2 rings (SSSR count). The van der Waals surface area contributed by atoms with Gasteiger partial charge in [0.05, 0.1) is 17.0 Å². The molecule has 0 aliphatic heterocycles. The van der Waals surface area contributed by atoms with Crippen molar-refractivity contribution in [2.45, 2.75) is 20.1 Å². The van der Waals surface area contributed by atoms with E-state index in [1.807, 2.05) is 0 Å². The normalized spacial score (nSPS) is 10.7. The molecule has 0 spiro atoms. The average Bonchev–Trinajstić information content (AvgIpc) is 2.55. The first kappa shape index (κ1) is 17.3. The minimum absolute atomic E-state index is 0.0279. The summed E-state index contributed by atoms with van der Waals surface area (Å²) in [6, 6.07) is 11.0. The van der Waals surface area contributed by atoms with Crippen LogP contribution in [0.5, 0.6) is 11.5 Å². The van der Waals surface area contributed by atoms with E-state index in [9.17, 15) is 19.8 Å². The molecule has 0 unspecified atom stereocenters. The highest BCUT2D eigenvalue weighted by molar-refractivity contribution is 5.91. The van der Waals surface area contributed by atoms with Crippen molar-refractivity contribution in [3.8, 4) is 11.5 Å². The molecule has 125 valence electrons. The first-order valence-corrected chi connectivity index (χ1v) is 7.17. The Morgan fingerprint density at radius 1 is 0.750 bits per heavy atom. The van der Waals surface area contributed by atoms with E-state index in [1.165, 1.54) is 48.5 Å². The summed E-state index contributed by atoms with van der Waals surface area (Å²) in [6.45, 7) is 3.33. The van der Waals surface area contributed by atoms with E-state index in [4.69, 9.17) is 9.47 Å². The Morgan fingerprint density at radius 2 is 1.08 bits per heavy atom. The zero-order chi connectivity index (χ0) is 17.7. The van der Waals surface area contributed by atoms with Crippen LogP contribution in [0.4, 0.5) is 0 Å². The summed E-state index contributed by atoms with van der Waals surface area (Å²) in [4.78, 5) is 24.2. The molecular formula is C18H17O6. The minimum Gasteiger partial charge on any atom is -0.508 e. The van der Waals surface area contributed by atoms with Crippen molar-refractivity contribution in [1.82, 2.24) is 0 Å². The largest absolute Gasteiger partial charge is 0.508 e. The van der Waals surface area contributed by atoms with Gasteiger partial charge < -0.3 is 19.7 Å². The number of carbonyl (C=O) groups excluding carboxylic acids is 2. The Morgan fingerprint density at radius 3 is 1.38 bits per heavy atom. The third-order valence-corrected chi connectivity index (χ3v) is 3.11. The Kier molecular flexibility index (Phi) is 5.42. The molecule has 0 saturated heterocycles. The lowest BCUT2D eigenvalue weighted by molar-refractivity contribution is -0.0703. The molecule has 0 fully saturated rings. The van der Waals surface area contributed by atoms with Gasteiger partial charge in [-0.15, -0.1) is 0 Å². The number of phenols is 2. The molecule has 6 nitrogen and oxygen atoms in total. The first-order valence-electron chi connectivity index (χ1n) is 7.17. The van der Waals surface area contributed by atoms with E-state index in [1.54, 1.807) is 13.8 Å². The molecule has 0 atom stereocenters. The number of aromatic hydroxyl groups is 2. The monoisotopic (exact) mass is 329 g/mol. The SMILES string of the molecule is C[C](C)C(OC(=O)c1ccc(O)cc1)OC(=O)c1ccc(O)cc1. The molecule has 0 amide bonds. The maximum Gasteiger partial charge on any atom is 0.341 e. The highest BCUT2D eigenvalue weighted by atomic mass is 16.7. The molecule has 0 aliphatic carbocycles. The maximum atomic E-state index is 12.1. The number of rotatable bonds is 5. The third kappa shape index (κ3) is 4.49. The maximum absolute atomic E-state index is 12.1. The van der Waals surface area contributed by atoms with Crippen LogP contribution in [0.2, 0.25) is 0 Å². The van der Waals surface area contributed by atoms with Crippen LogP contribution >= 0.6 is 0 Å². The molecule has 0 bridgehead atoms. The fraction of sp³-hybridized carbons (Fsp3) is 0.167. The highest BCUT2D eigenvalue weighted by Gasteiger charge is 2.24. The van der Waals surface area contributed by atoms with Gasteiger partial charge in [0, 0.05) is 0 Å². The number of hydrogen-bond donors (Lipinski definition) is 2. The molecule has 0 heterocycles. The summed E-state index contributed by atoms with van der Waals surface area (Å²) in [5, 5.41) is 18.5. The predicted octanol–water partition coefficient (Wildman–Crippen LogP) is 3.05. The zero-order valence-corrected chi connectivity index (χ0v) is 13.2. The summed E-state index contributed by atoms with van der Waals surface area (Å²) >= 11 is 0. The number of phenolic OH excluding ortho intramolecular Hbond substituents is 2. The van der Waals surface area contributed by atoms with Gasteiger partial charge in [0.25, 0.3) is 6.29 Å². The lowest BCUT2D eigenvalue weighted by Gasteiger charge is -2.21. The van der Waals surface area contributed by atoms with Crippen molar-refractivity contribution in [2.24, 2.45) is 0 Å².